The molecule has 0 N–H and O–H groups in total. The highest BCUT2D eigenvalue weighted by Crippen LogP contribution is 2.06. The van der Waals surface area contributed by atoms with Gasteiger partial charge in [0.2, 0.25) is 0 Å². The van der Waals surface area contributed by atoms with Crippen molar-refractivity contribution in [2.75, 3.05) is 6.61 Å². The van der Waals surface area contributed by atoms with E-state index in [0.717, 1.165) is 25.0 Å². The van der Waals surface area contributed by atoms with Crippen molar-refractivity contribution in [3.63, 3.8) is 0 Å². The first kappa shape index (κ1) is 10.4. The van der Waals surface area contributed by atoms with Crippen LogP contribution in [0.25, 0.3) is 0 Å². The van der Waals surface area contributed by atoms with Crippen molar-refractivity contribution in [2.45, 2.75) is 19.8 Å². The molecule has 76 valence electrons. The van der Waals surface area contributed by atoms with Crippen LogP contribution in [0.3, 0.4) is 0 Å². The summed E-state index contributed by atoms with van der Waals surface area (Å²) in [4.78, 5) is 33.6. The Morgan fingerprint density at radius 3 is 2.43 bits per heavy atom. The molecule has 0 atom stereocenters. The number of imide groups is 3. The number of rotatable bonds is 3. The van der Waals surface area contributed by atoms with Crippen LogP contribution in [0.2, 0.25) is 0 Å². The first-order chi connectivity index (χ1) is 6.66. The van der Waals surface area contributed by atoms with Crippen molar-refractivity contribution in [3.05, 3.63) is 12.2 Å². The molecule has 0 saturated carbocycles. The molecule has 5 nitrogen and oxygen atoms in total. The van der Waals surface area contributed by atoms with Crippen LogP contribution in [0, 0.1) is 0 Å². The predicted octanol–water partition coefficient (Wildman–Crippen LogP) is 0.848. The fraction of sp³-hybridized carbons (Fsp3) is 0.444. The lowest BCUT2D eigenvalue weighted by Gasteiger charge is -2.11. The lowest BCUT2D eigenvalue weighted by molar-refractivity contribution is -0.134. The Labute approximate surface area is 81.3 Å². The van der Waals surface area contributed by atoms with E-state index >= 15 is 0 Å². The van der Waals surface area contributed by atoms with Crippen molar-refractivity contribution < 1.29 is 19.1 Å². The number of hydrogen-bond donors (Lipinski definition) is 0. The number of hydrogen-bond acceptors (Lipinski definition) is 4. The number of ether oxygens (including phenoxy) is 1. The van der Waals surface area contributed by atoms with Crippen LogP contribution in [0.5, 0.6) is 0 Å². The van der Waals surface area contributed by atoms with E-state index in [-0.39, 0.29) is 6.61 Å². The Kier molecular flexibility index (Phi) is 3.39. The molecule has 0 spiro atoms. The average molecular weight is 197 g/mol. The van der Waals surface area contributed by atoms with E-state index in [2.05, 4.69) is 0 Å². The minimum Gasteiger partial charge on any atom is -0.449 e. The van der Waals surface area contributed by atoms with Crippen LogP contribution >= 0.6 is 0 Å². The Morgan fingerprint density at radius 1 is 1.36 bits per heavy atom. The summed E-state index contributed by atoms with van der Waals surface area (Å²) in [6, 6.07) is 0. The number of amides is 3. The van der Waals surface area contributed by atoms with Crippen LogP contribution in [0.1, 0.15) is 19.8 Å². The SMILES string of the molecule is CCCCOC(=O)N1C(=O)C=CC1=O. The van der Waals surface area contributed by atoms with Crippen LogP contribution in [0.15, 0.2) is 12.2 Å². The van der Waals surface area contributed by atoms with Gasteiger partial charge in [0.05, 0.1) is 6.61 Å². The van der Waals surface area contributed by atoms with Gasteiger partial charge < -0.3 is 4.74 Å². The second-order valence-corrected chi connectivity index (χ2v) is 2.81. The molecule has 0 radical (unpaired) electrons. The second kappa shape index (κ2) is 4.55. The summed E-state index contributed by atoms with van der Waals surface area (Å²) < 4.78 is 4.71. The molecule has 1 aliphatic rings. The van der Waals surface area contributed by atoms with Gasteiger partial charge in [0.25, 0.3) is 11.8 Å². The standard InChI is InChI=1S/C9H11NO4/c1-2-3-6-14-9(13)10-7(11)4-5-8(10)12/h4-5H,2-3,6H2,1H3. The first-order valence-electron chi connectivity index (χ1n) is 4.39. The van der Waals surface area contributed by atoms with Gasteiger partial charge in [-0.1, -0.05) is 13.3 Å². The monoisotopic (exact) mass is 197 g/mol. The van der Waals surface area contributed by atoms with E-state index in [0.29, 0.717) is 4.90 Å². The van der Waals surface area contributed by atoms with E-state index < -0.39 is 17.9 Å². The molecule has 0 aromatic rings. The third kappa shape index (κ3) is 2.18. The maximum Gasteiger partial charge on any atom is 0.424 e. The smallest absolute Gasteiger partial charge is 0.424 e. The fourth-order valence-corrected chi connectivity index (χ4v) is 0.949. The van der Waals surface area contributed by atoms with Gasteiger partial charge in [-0.15, -0.1) is 0 Å². The Balaban J connectivity index is 2.45. The van der Waals surface area contributed by atoms with Gasteiger partial charge in [-0.2, -0.15) is 4.90 Å². The third-order valence-corrected chi connectivity index (χ3v) is 1.72. The van der Waals surface area contributed by atoms with Crippen molar-refractivity contribution in [3.8, 4) is 0 Å². The van der Waals surface area contributed by atoms with E-state index in [1.165, 1.54) is 0 Å². The summed E-state index contributed by atoms with van der Waals surface area (Å²) in [5, 5.41) is 0. The minimum absolute atomic E-state index is 0.229. The summed E-state index contributed by atoms with van der Waals surface area (Å²) in [7, 11) is 0. The summed E-state index contributed by atoms with van der Waals surface area (Å²) in [6.45, 7) is 2.17. The molecule has 0 aromatic heterocycles. The molecule has 0 aromatic carbocycles. The van der Waals surface area contributed by atoms with Gasteiger partial charge >= 0.3 is 6.09 Å². The molecule has 14 heavy (non-hydrogen) atoms. The van der Waals surface area contributed by atoms with Crippen LogP contribution in [0.4, 0.5) is 4.79 Å². The number of nitrogens with zero attached hydrogens (tertiary/aromatic N) is 1. The topological polar surface area (TPSA) is 63.7 Å². The maximum absolute atomic E-state index is 11.2. The molecule has 0 unspecified atom stereocenters. The Hall–Kier alpha value is -1.65. The molecular formula is C9H11NO4. The van der Waals surface area contributed by atoms with Crippen molar-refractivity contribution in [1.29, 1.82) is 0 Å². The number of unbranched alkanes of at least 4 members (excludes halogenated alkanes) is 1. The minimum atomic E-state index is -0.890. The van der Waals surface area contributed by atoms with E-state index in [4.69, 9.17) is 4.74 Å². The quantitative estimate of drug-likeness (QED) is 0.497. The molecule has 0 aliphatic carbocycles. The van der Waals surface area contributed by atoms with Crippen LogP contribution in [-0.4, -0.2) is 29.4 Å². The molecular weight excluding hydrogens is 186 g/mol. The molecule has 0 saturated heterocycles. The molecule has 0 fully saturated rings. The fourth-order valence-electron chi connectivity index (χ4n) is 0.949. The predicted molar refractivity (Wildman–Crippen MR) is 47.2 cm³/mol. The molecule has 1 aliphatic heterocycles. The first-order valence-corrected chi connectivity index (χ1v) is 4.39. The van der Waals surface area contributed by atoms with Crippen LogP contribution in [-0.2, 0) is 14.3 Å². The van der Waals surface area contributed by atoms with Gasteiger partial charge in [-0.3, -0.25) is 9.59 Å². The highest BCUT2D eigenvalue weighted by molar-refractivity contribution is 6.21. The zero-order valence-corrected chi connectivity index (χ0v) is 7.86. The Morgan fingerprint density at radius 2 is 1.93 bits per heavy atom. The second-order valence-electron chi connectivity index (χ2n) is 2.81. The third-order valence-electron chi connectivity index (χ3n) is 1.72. The molecule has 3 amide bonds. The summed E-state index contributed by atoms with van der Waals surface area (Å²) in [5.74, 6) is -1.28. The molecule has 0 bridgehead atoms. The average Bonchev–Trinajstić information content (AvgIpc) is 2.46. The zero-order chi connectivity index (χ0) is 10.6. The summed E-state index contributed by atoms with van der Waals surface area (Å²) >= 11 is 0. The molecule has 5 heteroatoms. The summed E-state index contributed by atoms with van der Waals surface area (Å²) in [6.07, 6.45) is 2.80. The summed E-state index contributed by atoms with van der Waals surface area (Å²) in [5.41, 5.74) is 0. The van der Waals surface area contributed by atoms with Crippen LogP contribution < -0.4 is 0 Å². The van der Waals surface area contributed by atoms with Gasteiger partial charge in [0, 0.05) is 12.2 Å². The maximum atomic E-state index is 11.2. The van der Waals surface area contributed by atoms with E-state index in [1.54, 1.807) is 0 Å². The molecule has 1 rings (SSSR count). The number of carbonyl (C=O) groups excluding carboxylic acids is 3. The van der Waals surface area contributed by atoms with E-state index in [1.807, 2.05) is 6.92 Å². The van der Waals surface area contributed by atoms with Gasteiger partial charge in [0.15, 0.2) is 0 Å². The number of carbonyl (C=O) groups is 3. The van der Waals surface area contributed by atoms with Gasteiger partial charge in [-0.05, 0) is 6.42 Å². The van der Waals surface area contributed by atoms with Gasteiger partial charge in [0.1, 0.15) is 0 Å². The van der Waals surface area contributed by atoms with Crippen molar-refractivity contribution >= 4 is 17.9 Å². The largest absolute Gasteiger partial charge is 0.449 e. The highest BCUT2D eigenvalue weighted by Gasteiger charge is 2.31. The lowest BCUT2D eigenvalue weighted by Crippen LogP contribution is -2.36. The zero-order valence-electron chi connectivity index (χ0n) is 7.86. The highest BCUT2D eigenvalue weighted by atomic mass is 16.6. The Bertz CT molecular complexity index is 277. The normalized spacial score (nSPS) is 15.1. The van der Waals surface area contributed by atoms with Gasteiger partial charge in [-0.25, -0.2) is 4.79 Å². The van der Waals surface area contributed by atoms with Crippen molar-refractivity contribution in [1.82, 2.24) is 4.90 Å². The lowest BCUT2D eigenvalue weighted by atomic mass is 10.4. The molecule has 1 heterocycles. The van der Waals surface area contributed by atoms with Crippen molar-refractivity contribution in [2.24, 2.45) is 0 Å². The van der Waals surface area contributed by atoms with E-state index in [9.17, 15) is 14.4 Å².